The van der Waals surface area contributed by atoms with Crippen molar-refractivity contribution in [3.63, 3.8) is 0 Å². The fraction of sp³-hybridized carbons (Fsp3) is 0.526. The topological polar surface area (TPSA) is 92.4 Å². The van der Waals surface area contributed by atoms with Crippen molar-refractivity contribution in [3.8, 4) is 0 Å². The lowest BCUT2D eigenvalue weighted by Gasteiger charge is -2.22. The molecule has 146 valence electrons. The van der Waals surface area contributed by atoms with E-state index in [9.17, 15) is 9.59 Å². The van der Waals surface area contributed by atoms with Crippen LogP contribution in [-0.2, 0) is 17.9 Å². The van der Waals surface area contributed by atoms with Gasteiger partial charge in [0.2, 0.25) is 5.91 Å². The second-order valence-corrected chi connectivity index (χ2v) is 6.81. The van der Waals surface area contributed by atoms with Gasteiger partial charge in [-0.1, -0.05) is 0 Å². The van der Waals surface area contributed by atoms with Gasteiger partial charge in [0.05, 0.1) is 12.6 Å². The molecule has 1 fully saturated rings. The Hall–Kier alpha value is -2.61. The maximum Gasteiger partial charge on any atom is 0.272 e. The molecule has 0 aromatic carbocycles. The molecule has 2 atom stereocenters. The van der Waals surface area contributed by atoms with Crippen LogP contribution in [0.3, 0.4) is 0 Å². The van der Waals surface area contributed by atoms with Crippen LogP contribution in [0.25, 0.3) is 0 Å². The van der Waals surface area contributed by atoms with E-state index in [1.165, 1.54) is 0 Å². The van der Waals surface area contributed by atoms with Crippen LogP contribution in [0.2, 0.25) is 0 Å². The molecule has 8 nitrogen and oxygen atoms in total. The van der Waals surface area contributed by atoms with Gasteiger partial charge in [0, 0.05) is 31.9 Å². The average Bonchev–Trinajstić information content (AvgIpc) is 3.35. The third-order valence-electron chi connectivity index (χ3n) is 4.74. The van der Waals surface area contributed by atoms with Crippen LogP contribution >= 0.6 is 0 Å². The second-order valence-electron chi connectivity index (χ2n) is 6.81. The molecule has 0 aliphatic carbocycles. The summed E-state index contributed by atoms with van der Waals surface area (Å²) in [6.07, 6.45) is 2.35. The summed E-state index contributed by atoms with van der Waals surface area (Å²) in [5.74, 6) is 1.43. The quantitative estimate of drug-likeness (QED) is 0.764. The first-order valence-corrected chi connectivity index (χ1v) is 9.41. The summed E-state index contributed by atoms with van der Waals surface area (Å²) >= 11 is 0. The molecule has 2 amide bonds. The lowest BCUT2D eigenvalue weighted by atomic mass is 10.1. The van der Waals surface area contributed by atoms with Gasteiger partial charge < -0.3 is 15.1 Å². The zero-order valence-electron chi connectivity index (χ0n) is 16.1. The van der Waals surface area contributed by atoms with Crippen LogP contribution in [-0.4, -0.2) is 51.7 Å². The Labute approximate surface area is 158 Å². The van der Waals surface area contributed by atoms with Gasteiger partial charge in [-0.3, -0.25) is 19.2 Å². The number of likely N-dealkylation sites (tertiary alicyclic amines) is 1. The van der Waals surface area contributed by atoms with Crippen molar-refractivity contribution < 1.29 is 14.0 Å². The molecule has 8 heteroatoms. The molecular formula is C19H27N5O3. The number of carbonyl (C=O) groups is 2. The Morgan fingerprint density at radius 3 is 2.74 bits per heavy atom. The molecule has 3 heterocycles. The summed E-state index contributed by atoms with van der Waals surface area (Å²) in [5.41, 5.74) is 0.395. The second kappa shape index (κ2) is 8.39. The predicted octanol–water partition coefficient (Wildman–Crippen LogP) is 1.31. The molecule has 0 radical (unpaired) electrons. The van der Waals surface area contributed by atoms with E-state index in [0.29, 0.717) is 38.3 Å². The Bertz CT molecular complexity index is 797. The number of aromatic nitrogens is 2. The standard InChI is InChI=1S/C19H27N5O3/c1-4-20-19(26)17-10-14(11-23(17)12-15-7-6-13(3)27-15)21-18(25)16-8-9-24(5-2)22-16/h6-9,14,17H,4-5,10-12H2,1-3H3,(H,20,26)(H,21,25). The van der Waals surface area contributed by atoms with Gasteiger partial charge in [-0.2, -0.15) is 5.10 Å². The number of carbonyl (C=O) groups excluding carboxylic acids is 2. The van der Waals surface area contributed by atoms with Crippen molar-refractivity contribution in [1.29, 1.82) is 0 Å². The van der Waals surface area contributed by atoms with Crippen LogP contribution in [0.1, 0.15) is 42.3 Å². The smallest absolute Gasteiger partial charge is 0.272 e. The van der Waals surface area contributed by atoms with Crippen LogP contribution < -0.4 is 10.6 Å². The molecule has 1 aliphatic rings. The first kappa shape index (κ1) is 19.2. The molecule has 3 rings (SSSR count). The number of nitrogens with one attached hydrogen (secondary N) is 2. The van der Waals surface area contributed by atoms with Crippen molar-refractivity contribution in [1.82, 2.24) is 25.3 Å². The molecule has 1 saturated heterocycles. The summed E-state index contributed by atoms with van der Waals surface area (Å²) in [4.78, 5) is 27.0. The highest BCUT2D eigenvalue weighted by Crippen LogP contribution is 2.22. The van der Waals surface area contributed by atoms with Crippen LogP contribution in [0.4, 0.5) is 0 Å². The van der Waals surface area contributed by atoms with Crippen molar-refractivity contribution in [2.45, 2.75) is 52.4 Å². The van der Waals surface area contributed by atoms with Crippen molar-refractivity contribution >= 4 is 11.8 Å². The summed E-state index contributed by atoms with van der Waals surface area (Å²) in [6.45, 7) is 8.18. The predicted molar refractivity (Wildman–Crippen MR) is 100 cm³/mol. The van der Waals surface area contributed by atoms with E-state index in [1.54, 1.807) is 16.9 Å². The molecular weight excluding hydrogens is 346 g/mol. The van der Waals surface area contributed by atoms with Crippen LogP contribution in [0.5, 0.6) is 0 Å². The minimum atomic E-state index is -0.297. The Balaban J connectivity index is 1.67. The van der Waals surface area contributed by atoms with E-state index in [4.69, 9.17) is 4.42 Å². The maximum absolute atomic E-state index is 12.5. The molecule has 1 aliphatic heterocycles. The molecule has 0 saturated carbocycles. The molecule has 0 bridgehead atoms. The minimum Gasteiger partial charge on any atom is -0.465 e. The average molecular weight is 373 g/mol. The number of aryl methyl sites for hydroxylation is 2. The van der Waals surface area contributed by atoms with Crippen molar-refractivity contribution in [2.24, 2.45) is 0 Å². The van der Waals surface area contributed by atoms with Crippen molar-refractivity contribution in [3.05, 3.63) is 41.6 Å². The third kappa shape index (κ3) is 4.57. The molecule has 2 N–H and O–H groups in total. The number of hydrogen-bond acceptors (Lipinski definition) is 5. The van der Waals surface area contributed by atoms with E-state index in [2.05, 4.69) is 20.6 Å². The van der Waals surface area contributed by atoms with Gasteiger partial charge in [0.25, 0.3) is 5.91 Å². The van der Waals surface area contributed by atoms with E-state index in [0.717, 1.165) is 11.5 Å². The SMILES string of the molecule is CCNC(=O)C1CC(NC(=O)c2ccn(CC)n2)CN1Cc1ccc(C)o1. The van der Waals surface area contributed by atoms with E-state index >= 15 is 0 Å². The summed E-state index contributed by atoms with van der Waals surface area (Å²) in [6, 6.07) is 5.13. The van der Waals surface area contributed by atoms with E-state index in [-0.39, 0.29) is 23.9 Å². The first-order valence-electron chi connectivity index (χ1n) is 9.41. The van der Waals surface area contributed by atoms with E-state index < -0.39 is 0 Å². The largest absolute Gasteiger partial charge is 0.465 e. The lowest BCUT2D eigenvalue weighted by molar-refractivity contribution is -0.125. The number of nitrogens with zero attached hydrogens (tertiary/aromatic N) is 3. The highest BCUT2D eigenvalue weighted by Gasteiger charge is 2.37. The monoisotopic (exact) mass is 373 g/mol. The van der Waals surface area contributed by atoms with E-state index in [1.807, 2.05) is 32.9 Å². The molecule has 2 aromatic heterocycles. The highest BCUT2D eigenvalue weighted by molar-refractivity contribution is 5.92. The third-order valence-corrected chi connectivity index (χ3v) is 4.74. The Morgan fingerprint density at radius 1 is 1.30 bits per heavy atom. The zero-order valence-corrected chi connectivity index (χ0v) is 16.1. The molecule has 27 heavy (non-hydrogen) atoms. The highest BCUT2D eigenvalue weighted by atomic mass is 16.3. The van der Waals surface area contributed by atoms with Crippen LogP contribution in [0, 0.1) is 6.92 Å². The first-order chi connectivity index (χ1) is 13.0. The Kier molecular flexibility index (Phi) is 5.95. The maximum atomic E-state index is 12.5. The van der Waals surface area contributed by atoms with Gasteiger partial charge >= 0.3 is 0 Å². The van der Waals surface area contributed by atoms with Gasteiger partial charge in [0.1, 0.15) is 17.2 Å². The number of hydrogen-bond donors (Lipinski definition) is 2. The number of likely N-dealkylation sites (N-methyl/N-ethyl adjacent to an activating group) is 1. The summed E-state index contributed by atoms with van der Waals surface area (Å²) in [7, 11) is 0. The van der Waals surface area contributed by atoms with Gasteiger partial charge in [-0.15, -0.1) is 0 Å². The van der Waals surface area contributed by atoms with Crippen LogP contribution in [0.15, 0.2) is 28.8 Å². The van der Waals surface area contributed by atoms with Gasteiger partial charge in [-0.05, 0) is 45.4 Å². The summed E-state index contributed by atoms with van der Waals surface area (Å²) < 4.78 is 7.38. The fourth-order valence-electron chi connectivity index (χ4n) is 3.44. The molecule has 2 unspecified atom stereocenters. The van der Waals surface area contributed by atoms with Gasteiger partial charge in [-0.25, -0.2) is 0 Å². The fourth-order valence-corrected chi connectivity index (χ4v) is 3.44. The number of furan rings is 1. The number of amides is 2. The van der Waals surface area contributed by atoms with Crippen molar-refractivity contribution in [2.75, 3.05) is 13.1 Å². The molecule has 0 spiro atoms. The lowest BCUT2D eigenvalue weighted by Crippen LogP contribution is -2.42. The van der Waals surface area contributed by atoms with Gasteiger partial charge in [0.15, 0.2) is 0 Å². The normalized spacial score (nSPS) is 20.0. The molecule has 2 aromatic rings. The zero-order chi connectivity index (χ0) is 19.4. The Morgan fingerprint density at radius 2 is 2.11 bits per heavy atom. The minimum absolute atomic E-state index is 0.0206. The number of rotatable bonds is 7. The summed E-state index contributed by atoms with van der Waals surface area (Å²) in [5, 5.41) is 10.1.